The van der Waals surface area contributed by atoms with Crippen LogP contribution in [0.15, 0.2) is 73.1 Å². The van der Waals surface area contributed by atoms with Gasteiger partial charge in [-0.25, -0.2) is 9.67 Å². The van der Waals surface area contributed by atoms with Crippen molar-refractivity contribution >= 4 is 23.0 Å². The van der Waals surface area contributed by atoms with Crippen LogP contribution in [0.2, 0.25) is 0 Å². The first-order chi connectivity index (χ1) is 19.6. The fourth-order valence-electron chi connectivity index (χ4n) is 4.17. The number of aromatic nitrogens is 3. The van der Waals surface area contributed by atoms with Crippen molar-refractivity contribution in [1.82, 2.24) is 25.4 Å². The number of alkyl halides is 3. The lowest BCUT2D eigenvalue weighted by Crippen LogP contribution is -2.47. The average Bonchev–Trinajstić information content (AvgIpc) is 3.40. The molecule has 0 aliphatic heterocycles. The number of hydrogen-bond donors (Lipinski definition) is 4. The van der Waals surface area contributed by atoms with Crippen LogP contribution in [-0.2, 0) is 12.8 Å². The smallest absolute Gasteiger partial charge is 0.406 e. The summed E-state index contributed by atoms with van der Waals surface area (Å²) in [6.45, 7) is 4.61. The third kappa shape index (κ3) is 9.00. The molecular formula is C29H31F3N6O2S. The van der Waals surface area contributed by atoms with Crippen molar-refractivity contribution in [1.29, 1.82) is 0 Å². The van der Waals surface area contributed by atoms with Crippen LogP contribution < -0.4 is 20.7 Å². The molecule has 0 amide bonds. The highest BCUT2D eigenvalue weighted by Gasteiger charge is 2.31. The van der Waals surface area contributed by atoms with Gasteiger partial charge in [-0.3, -0.25) is 5.32 Å². The summed E-state index contributed by atoms with van der Waals surface area (Å²) in [5.41, 5.74) is 5.53. The van der Waals surface area contributed by atoms with Crippen LogP contribution in [0.3, 0.4) is 0 Å². The highest BCUT2D eigenvalue weighted by molar-refractivity contribution is 7.80. The quantitative estimate of drug-likeness (QED) is 0.136. The number of benzene rings is 3. The lowest BCUT2D eigenvalue weighted by molar-refractivity contribution is -0.274. The number of anilines is 1. The van der Waals surface area contributed by atoms with Gasteiger partial charge in [0.15, 0.2) is 17.3 Å². The van der Waals surface area contributed by atoms with E-state index in [0.717, 1.165) is 40.8 Å². The Balaban J connectivity index is 1.29. The third-order valence-electron chi connectivity index (χ3n) is 6.06. The predicted octanol–water partition coefficient (Wildman–Crippen LogP) is 5.49. The standard InChI is InChI=1S/C29H31F3N6O2S/c1-3-5-21-9-8-19(2)16-25(21)35-28(41)36-27(39)33-15-14-20-6-4-7-22(17-20)26-34-18-38(37-26)23-10-12-24(13-11-23)40-29(30,31)32/h4,6-13,16-18,27,33,39H,3,5,14-15H2,1-2H3,(H2,35,36,41). The molecule has 41 heavy (non-hydrogen) atoms. The van der Waals surface area contributed by atoms with E-state index in [1.807, 2.05) is 37.3 Å². The Morgan fingerprint density at radius 2 is 1.85 bits per heavy atom. The Morgan fingerprint density at radius 1 is 1.07 bits per heavy atom. The zero-order chi connectivity index (χ0) is 29.4. The number of nitrogens with one attached hydrogen (secondary N) is 3. The fourth-order valence-corrected chi connectivity index (χ4v) is 4.39. The zero-order valence-corrected chi connectivity index (χ0v) is 23.4. The molecule has 1 aromatic heterocycles. The van der Waals surface area contributed by atoms with Gasteiger partial charge < -0.3 is 20.5 Å². The van der Waals surface area contributed by atoms with Crippen LogP contribution in [0, 0.1) is 6.92 Å². The summed E-state index contributed by atoms with van der Waals surface area (Å²) in [6.07, 6.45) is -1.74. The van der Waals surface area contributed by atoms with Crippen LogP contribution in [0.1, 0.15) is 30.0 Å². The summed E-state index contributed by atoms with van der Waals surface area (Å²) in [5, 5.41) is 24.2. The lowest BCUT2D eigenvalue weighted by Gasteiger charge is -2.19. The molecule has 0 radical (unpaired) electrons. The summed E-state index contributed by atoms with van der Waals surface area (Å²) >= 11 is 5.39. The normalized spacial score (nSPS) is 12.1. The van der Waals surface area contributed by atoms with Gasteiger partial charge in [0.1, 0.15) is 12.1 Å². The largest absolute Gasteiger partial charge is 0.573 e. The van der Waals surface area contributed by atoms with Crippen molar-refractivity contribution in [2.45, 2.75) is 45.8 Å². The Bertz CT molecular complexity index is 1460. The molecule has 3 aromatic carbocycles. The van der Waals surface area contributed by atoms with Crippen molar-refractivity contribution < 1.29 is 23.0 Å². The van der Waals surface area contributed by atoms with Gasteiger partial charge in [0.2, 0.25) is 0 Å². The van der Waals surface area contributed by atoms with E-state index < -0.39 is 12.7 Å². The second-order valence-corrected chi connectivity index (χ2v) is 9.78. The van der Waals surface area contributed by atoms with Crippen LogP contribution in [0.4, 0.5) is 18.9 Å². The van der Waals surface area contributed by atoms with E-state index in [2.05, 4.69) is 49.8 Å². The van der Waals surface area contributed by atoms with Crippen LogP contribution in [-0.4, -0.2) is 44.2 Å². The number of rotatable bonds is 11. The number of aliphatic hydroxyl groups excluding tert-OH is 1. The molecule has 0 saturated heterocycles. The first-order valence-corrected chi connectivity index (χ1v) is 13.5. The Kier molecular flexibility index (Phi) is 9.92. The van der Waals surface area contributed by atoms with Gasteiger partial charge in [0.25, 0.3) is 0 Å². The number of halogens is 3. The number of nitrogens with zero attached hydrogens (tertiary/aromatic N) is 3. The molecule has 0 aliphatic rings. The number of aryl methyl sites for hydroxylation is 2. The molecule has 1 atom stereocenters. The second kappa shape index (κ2) is 13.6. The van der Waals surface area contributed by atoms with E-state index in [-0.39, 0.29) is 5.75 Å². The van der Waals surface area contributed by atoms with Crippen molar-refractivity contribution in [2.24, 2.45) is 0 Å². The molecule has 1 unspecified atom stereocenters. The maximum atomic E-state index is 12.4. The van der Waals surface area contributed by atoms with Gasteiger partial charge >= 0.3 is 6.36 Å². The number of aliphatic hydroxyl groups is 1. The third-order valence-corrected chi connectivity index (χ3v) is 6.28. The molecule has 12 heteroatoms. The zero-order valence-electron chi connectivity index (χ0n) is 22.6. The van der Waals surface area contributed by atoms with Gasteiger partial charge in [-0.2, -0.15) is 0 Å². The lowest BCUT2D eigenvalue weighted by atomic mass is 10.1. The summed E-state index contributed by atoms with van der Waals surface area (Å²) in [6, 6.07) is 19.2. The molecule has 0 spiro atoms. The molecule has 8 nitrogen and oxygen atoms in total. The van der Waals surface area contributed by atoms with Crippen molar-refractivity contribution in [2.75, 3.05) is 11.9 Å². The first-order valence-electron chi connectivity index (χ1n) is 13.1. The van der Waals surface area contributed by atoms with Crippen molar-refractivity contribution in [3.63, 3.8) is 0 Å². The van der Waals surface area contributed by atoms with Crippen molar-refractivity contribution in [3.8, 4) is 22.8 Å². The fraction of sp³-hybridized carbons (Fsp3) is 0.276. The minimum atomic E-state index is -4.75. The topological polar surface area (TPSA) is 96.3 Å². The minimum absolute atomic E-state index is 0.311. The maximum Gasteiger partial charge on any atom is 0.573 e. The molecule has 4 aromatic rings. The van der Waals surface area contributed by atoms with E-state index in [1.54, 1.807) is 0 Å². The van der Waals surface area contributed by atoms with Gasteiger partial charge in [-0.1, -0.05) is 43.7 Å². The molecule has 4 rings (SSSR count). The summed E-state index contributed by atoms with van der Waals surface area (Å²) in [4.78, 5) is 4.34. The van der Waals surface area contributed by atoms with Crippen molar-refractivity contribution in [3.05, 3.63) is 89.7 Å². The first kappa shape index (κ1) is 30.0. The van der Waals surface area contributed by atoms with E-state index in [4.69, 9.17) is 12.2 Å². The molecule has 0 fully saturated rings. The monoisotopic (exact) mass is 584 g/mol. The highest BCUT2D eigenvalue weighted by atomic mass is 32.1. The summed E-state index contributed by atoms with van der Waals surface area (Å²) in [5.74, 6) is 0.154. The SMILES string of the molecule is CCCc1ccc(C)cc1NC(=S)NC(O)NCCc1cccc(-c2ncn(-c3ccc(OC(F)(F)F)cc3)n2)c1. The number of thiocarbonyl (C=S) groups is 1. The van der Waals surface area contributed by atoms with E-state index in [9.17, 15) is 18.3 Å². The predicted molar refractivity (Wildman–Crippen MR) is 156 cm³/mol. The molecular weight excluding hydrogens is 553 g/mol. The molecule has 0 aliphatic carbocycles. The van der Waals surface area contributed by atoms with Gasteiger partial charge in [0, 0.05) is 17.8 Å². The average molecular weight is 585 g/mol. The van der Waals surface area contributed by atoms with Gasteiger partial charge in [-0.15, -0.1) is 18.3 Å². The van der Waals surface area contributed by atoms with E-state index >= 15 is 0 Å². The molecule has 0 saturated carbocycles. The number of ether oxygens (including phenoxy) is 1. The Morgan fingerprint density at radius 3 is 2.59 bits per heavy atom. The minimum Gasteiger partial charge on any atom is -0.406 e. The molecule has 0 bridgehead atoms. The molecule has 4 N–H and O–H groups in total. The molecule has 1 heterocycles. The van der Waals surface area contributed by atoms with Gasteiger partial charge in [-0.05, 0) is 85.1 Å². The van der Waals surface area contributed by atoms with E-state index in [0.29, 0.717) is 29.6 Å². The summed E-state index contributed by atoms with van der Waals surface area (Å²) < 4.78 is 42.6. The van der Waals surface area contributed by atoms with E-state index in [1.165, 1.54) is 35.3 Å². The number of hydrogen-bond acceptors (Lipinski definition) is 6. The van der Waals surface area contributed by atoms with Crippen LogP contribution >= 0.6 is 12.2 Å². The highest BCUT2D eigenvalue weighted by Crippen LogP contribution is 2.24. The second-order valence-electron chi connectivity index (χ2n) is 9.37. The Labute approximate surface area is 241 Å². The Hall–Kier alpha value is -4.00. The summed E-state index contributed by atoms with van der Waals surface area (Å²) in [7, 11) is 0. The molecule has 216 valence electrons. The van der Waals surface area contributed by atoms with Gasteiger partial charge in [0.05, 0.1) is 5.69 Å². The maximum absolute atomic E-state index is 12.4. The van der Waals surface area contributed by atoms with Crippen LogP contribution in [0.25, 0.3) is 17.1 Å². The van der Waals surface area contributed by atoms with Crippen LogP contribution in [0.5, 0.6) is 5.75 Å².